The van der Waals surface area contributed by atoms with E-state index in [1.807, 2.05) is 23.0 Å². The fraction of sp³-hybridized carbons (Fsp3) is 0.389. The molecule has 0 aliphatic rings. The monoisotopic (exact) mass is 341 g/mol. The van der Waals surface area contributed by atoms with Gasteiger partial charge in [0, 0.05) is 13.5 Å². The molecule has 0 radical (unpaired) electrons. The minimum atomic E-state index is 0.465. The molecule has 0 spiro atoms. The summed E-state index contributed by atoms with van der Waals surface area (Å²) in [5.74, 6) is 1.21. The molecule has 3 aromatic rings. The summed E-state index contributed by atoms with van der Waals surface area (Å²) in [4.78, 5) is 4.35. The summed E-state index contributed by atoms with van der Waals surface area (Å²) in [6.45, 7) is 5.25. The van der Waals surface area contributed by atoms with Gasteiger partial charge in [0.2, 0.25) is 5.89 Å². The highest BCUT2D eigenvalue weighted by atomic mass is 16.5. The van der Waals surface area contributed by atoms with E-state index in [4.69, 9.17) is 9.26 Å². The summed E-state index contributed by atoms with van der Waals surface area (Å²) >= 11 is 0. The third-order valence-electron chi connectivity index (χ3n) is 4.02. The summed E-state index contributed by atoms with van der Waals surface area (Å²) in [6.07, 6.45) is 3.35. The van der Waals surface area contributed by atoms with Crippen LogP contribution in [0.2, 0.25) is 0 Å². The Kier molecular flexibility index (Phi) is 5.45. The molecule has 0 unspecified atom stereocenters. The van der Waals surface area contributed by atoms with Gasteiger partial charge in [-0.2, -0.15) is 10.1 Å². The van der Waals surface area contributed by atoms with E-state index in [2.05, 4.69) is 46.5 Å². The van der Waals surface area contributed by atoms with Crippen LogP contribution in [0.15, 0.2) is 35.0 Å². The average molecular weight is 341 g/mol. The molecule has 132 valence electrons. The van der Waals surface area contributed by atoms with Crippen molar-refractivity contribution in [2.45, 2.75) is 33.2 Å². The first kappa shape index (κ1) is 17.2. The topological polar surface area (TPSA) is 78.0 Å². The zero-order valence-electron chi connectivity index (χ0n) is 14.8. The van der Waals surface area contributed by atoms with Crippen molar-refractivity contribution in [2.75, 3.05) is 19.0 Å². The van der Waals surface area contributed by atoms with E-state index in [0.717, 1.165) is 23.5 Å². The van der Waals surface area contributed by atoms with Crippen molar-refractivity contribution in [3.05, 3.63) is 53.4 Å². The predicted octanol–water partition coefficient (Wildman–Crippen LogP) is 2.93. The number of aromatic nitrogens is 4. The van der Waals surface area contributed by atoms with Crippen LogP contribution >= 0.6 is 0 Å². The molecular formula is C18H23N5O2. The Balaban J connectivity index is 1.73. The van der Waals surface area contributed by atoms with Crippen molar-refractivity contribution in [2.24, 2.45) is 0 Å². The Morgan fingerprint density at radius 1 is 1.28 bits per heavy atom. The second-order valence-electron chi connectivity index (χ2n) is 5.76. The highest BCUT2D eigenvalue weighted by molar-refractivity contribution is 5.51. The van der Waals surface area contributed by atoms with E-state index < -0.39 is 0 Å². The molecule has 0 saturated heterocycles. The Labute approximate surface area is 147 Å². The van der Waals surface area contributed by atoms with E-state index in [-0.39, 0.29) is 0 Å². The van der Waals surface area contributed by atoms with Crippen LogP contribution in [0.5, 0.6) is 0 Å². The van der Waals surface area contributed by atoms with Crippen LogP contribution in [0, 0.1) is 6.92 Å². The van der Waals surface area contributed by atoms with Crippen molar-refractivity contribution >= 4 is 5.69 Å². The van der Waals surface area contributed by atoms with Gasteiger partial charge in [0.1, 0.15) is 0 Å². The summed E-state index contributed by atoms with van der Waals surface area (Å²) in [6, 6.07) is 8.22. The maximum atomic E-state index is 5.26. The number of rotatable bonds is 8. The molecule has 0 fully saturated rings. The van der Waals surface area contributed by atoms with Crippen LogP contribution in [-0.2, 0) is 24.1 Å². The normalized spacial score (nSPS) is 11.0. The molecule has 2 heterocycles. The fourth-order valence-electron chi connectivity index (χ4n) is 2.70. The second kappa shape index (κ2) is 7.94. The SMILES string of the molecule is CCc1c(NCc2nc(CCOC)no2)cnn1-c1ccccc1C. The fourth-order valence-corrected chi connectivity index (χ4v) is 2.70. The zero-order valence-corrected chi connectivity index (χ0v) is 14.8. The number of nitrogens with one attached hydrogen (secondary N) is 1. The van der Waals surface area contributed by atoms with Gasteiger partial charge in [-0.05, 0) is 25.0 Å². The van der Waals surface area contributed by atoms with Crippen molar-refractivity contribution in [3.63, 3.8) is 0 Å². The van der Waals surface area contributed by atoms with Crippen molar-refractivity contribution in [1.29, 1.82) is 0 Å². The largest absolute Gasteiger partial charge is 0.384 e. The summed E-state index contributed by atoms with van der Waals surface area (Å²) in [5.41, 5.74) is 4.37. The van der Waals surface area contributed by atoms with Gasteiger partial charge < -0.3 is 14.6 Å². The number of methoxy groups -OCH3 is 1. The molecule has 7 nitrogen and oxygen atoms in total. The van der Waals surface area contributed by atoms with E-state index in [1.54, 1.807) is 7.11 Å². The summed E-state index contributed by atoms with van der Waals surface area (Å²) < 4.78 is 12.3. The molecule has 0 aliphatic heterocycles. The Bertz CT molecular complexity index is 824. The van der Waals surface area contributed by atoms with Gasteiger partial charge in [-0.3, -0.25) is 0 Å². The Hall–Kier alpha value is -2.67. The number of para-hydroxylation sites is 1. The van der Waals surface area contributed by atoms with E-state index in [0.29, 0.717) is 31.3 Å². The quantitative estimate of drug-likeness (QED) is 0.679. The van der Waals surface area contributed by atoms with Crippen LogP contribution < -0.4 is 5.32 Å². The number of anilines is 1. The first-order valence-electron chi connectivity index (χ1n) is 8.40. The molecule has 25 heavy (non-hydrogen) atoms. The number of aryl methyl sites for hydroxylation is 1. The molecule has 2 aromatic heterocycles. The standard InChI is InChI=1S/C18H23N5O2/c1-4-15-14(11-20-23(15)16-8-6-5-7-13(16)2)19-12-18-21-17(22-25-18)9-10-24-3/h5-8,11,19H,4,9-10,12H2,1-3H3. The minimum Gasteiger partial charge on any atom is -0.384 e. The summed E-state index contributed by atoms with van der Waals surface area (Å²) in [7, 11) is 1.65. The van der Waals surface area contributed by atoms with Crippen LogP contribution in [0.25, 0.3) is 5.69 Å². The number of ether oxygens (including phenoxy) is 1. The van der Waals surface area contributed by atoms with Crippen LogP contribution in [0.1, 0.15) is 29.9 Å². The van der Waals surface area contributed by atoms with Gasteiger partial charge in [-0.25, -0.2) is 4.68 Å². The molecule has 1 N–H and O–H groups in total. The molecule has 0 atom stereocenters. The lowest BCUT2D eigenvalue weighted by molar-refractivity contribution is 0.199. The molecule has 0 aliphatic carbocycles. The average Bonchev–Trinajstić information content (AvgIpc) is 3.25. The van der Waals surface area contributed by atoms with Crippen LogP contribution in [0.4, 0.5) is 5.69 Å². The van der Waals surface area contributed by atoms with Gasteiger partial charge in [-0.15, -0.1) is 0 Å². The minimum absolute atomic E-state index is 0.465. The molecular weight excluding hydrogens is 318 g/mol. The van der Waals surface area contributed by atoms with Gasteiger partial charge in [0.25, 0.3) is 0 Å². The Morgan fingerprint density at radius 2 is 2.12 bits per heavy atom. The number of benzene rings is 1. The van der Waals surface area contributed by atoms with E-state index in [9.17, 15) is 0 Å². The lowest BCUT2D eigenvalue weighted by Crippen LogP contribution is -2.06. The molecule has 1 aromatic carbocycles. The van der Waals surface area contributed by atoms with Gasteiger partial charge in [0.05, 0.1) is 36.4 Å². The highest BCUT2D eigenvalue weighted by Crippen LogP contribution is 2.22. The third-order valence-corrected chi connectivity index (χ3v) is 4.02. The van der Waals surface area contributed by atoms with Gasteiger partial charge >= 0.3 is 0 Å². The number of hydrogen-bond donors (Lipinski definition) is 1. The van der Waals surface area contributed by atoms with Crippen LogP contribution in [-0.4, -0.2) is 33.6 Å². The smallest absolute Gasteiger partial charge is 0.245 e. The summed E-state index contributed by atoms with van der Waals surface area (Å²) in [5, 5.41) is 11.8. The molecule has 0 saturated carbocycles. The lowest BCUT2D eigenvalue weighted by atomic mass is 10.2. The Morgan fingerprint density at radius 3 is 2.88 bits per heavy atom. The molecule has 7 heteroatoms. The van der Waals surface area contributed by atoms with E-state index in [1.165, 1.54) is 5.56 Å². The van der Waals surface area contributed by atoms with Gasteiger partial charge in [-0.1, -0.05) is 30.3 Å². The van der Waals surface area contributed by atoms with Crippen molar-refractivity contribution < 1.29 is 9.26 Å². The third kappa shape index (κ3) is 3.88. The predicted molar refractivity (Wildman–Crippen MR) is 94.9 cm³/mol. The second-order valence-corrected chi connectivity index (χ2v) is 5.76. The van der Waals surface area contributed by atoms with E-state index >= 15 is 0 Å². The zero-order chi connectivity index (χ0) is 17.6. The molecule has 3 rings (SSSR count). The molecule has 0 amide bonds. The van der Waals surface area contributed by atoms with Crippen LogP contribution in [0.3, 0.4) is 0 Å². The maximum absolute atomic E-state index is 5.26. The first-order valence-corrected chi connectivity index (χ1v) is 8.40. The molecule has 0 bridgehead atoms. The van der Waals surface area contributed by atoms with Crippen molar-refractivity contribution in [1.82, 2.24) is 19.9 Å². The highest BCUT2D eigenvalue weighted by Gasteiger charge is 2.13. The first-order chi connectivity index (χ1) is 12.2. The maximum Gasteiger partial charge on any atom is 0.245 e. The number of hydrogen-bond acceptors (Lipinski definition) is 6. The number of nitrogens with zero attached hydrogens (tertiary/aromatic N) is 4. The lowest BCUT2D eigenvalue weighted by Gasteiger charge is -2.10. The van der Waals surface area contributed by atoms with Crippen molar-refractivity contribution in [3.8, 4) is 5.69 Å². The van der Waals surface area contributed by atoms with Gasteiger partial charge in [0.15, 0.2) is 5.82 Å².